The molecular formula is C16H18N4O3. The smallest absolute Gasteiger partial charge is 0.326 e. The van der Waals surface area contributed by atoms with Crippen molar-refractivity contribution in [1.82, 2.24) is 14.9 Å². The molecule has 1 aliphatic heterocycles. The van der Waals surface area contributed by atoms with Crippen LogP contribution in [0.4, 0.5) is 5.69 Å². The Morgan fingerprint density at radius 1 is 1.26 bits per heavy atom. The molecule has 7 nitrogen and oxygen atoms in total. The molecule has 1 aromatic carbocycles. The number of hydrogen-bond acceptors (Lipinski definition) is 4. The Hall–Kier alpha value is -2.83. The molecule has 0 bridgehead atoms. The molecule has 1 fully saturated rings. The van der Waals surface area contributed by atoms with Crippen LogP contribution in [0.1, 0.15) is 34.0 Å². The van der Waals surface area contributed by atoms with Gasteiger partial charge in [0, 0.05) is 19.0 Å². The van der Waals surface area contributed by atoms with Crippen LogP contribution in [0.5, 0.6) is 0 Å². The second-order valence-electron chi connectivity index (χ2n) is 5.79. The van der Waals surface area contributed by atoms with Gasteiger partial charge in [0.25, 0.3) is 11.5 Å². The van der Waals surface area contributed by atoms with Gasteiger partial charge in [0.05, 0.1) is 0 Å². The molecule has 0 spiro atoms. The summed E-state index contributed by atoms with van der Waals surface area (Å²) >= 11 is 0. The highest BCUT2D eigenvalue weighted by Gasteiger charge is 2.30. The zero-order chi connectivity index (χ0) is 16.6. The third-order valence-electron chi connectivity index (χ3n) is 4.30. The second-order valence-corrected chi connectivity index (χ2v) is 5.79. The third-order valence-corrected chi connectivity index (χ3v) is 4.30. The number of benzene rings is 1. The van der Waals surface area contributed by atoms with Crippen molar-refractivity contribution in [3.05, 3.63) is 61.9 Å². The highest BCUT2D eigenvalue weighted by atomic mass is 16.2. The maximum absolute atomic E-state index is 12.6. The van der Waals surface area contributed by atoms with Gasteiger partial charge in [-0.05, 0) is 24.5 Å². The van der Waals surface area contributed by atoms with Gasteiger partial charge in [-0.25, -0.2) is 4.79 Å². The van der Waals surface area contributed by atoms with Gasteiger partial charge in [0.15, 0.2) is 0 Å². The zero-order valence-corrected chi connectivity index (χ0v) is 12.8. The molecule has 2 heterocycles. The summed E-state index contributed by atoms with van der Waals surface area (Å²) in [6.07, 6.45) is 0.837. The van der Waals surface area contributed by atoms with Crippen LogP contribution >= 0.6 is 0 Å². The van der Waals surface area contributed by atoms with Gasteiger partial charge in [-0.1, -0.05) is 24.3 Å². The quantitative estimate of drug-likeness (QED) is 0.752. The van der Waals surface area contributed by atoms with E-state index in [0.29, 0.717) is 13.1 Å². The Morgan fingerprint density at radius 3 is 2.74 bits per heavy atom. The van der Waals surface area contributed by atoms with E-state index in [0.717, 1.165) is 6.42 Å². The zero-order valence-electron chi connectivity index (χ0n) is 12.8. The van der Waals surface area contributed by atoms with Crippen molar-refractivity contribution in [2.45, 2.75) is 19.3 Å². The molecule has 3 rings (SSSR count). The minimum atomic E-state index is -0.744. The highest BCUT2D eigenvalue weighted by molar-refractivity contribution is 5.97. The topological polar surface area (TPSA) is 112 Å². The minimum absolute atomic E-state index is 0.135. The first-order chi connectivity index (χ1) is 11.0. The molecule has 7 heteroatoms. The molecule has 0 aliphatic carbocycles. The number of aryl methyl sites for hydroxylation is 1. The van der Waals surface area contributed by atoms with Crippen LogP contribution in [-0.2, 0) is 0 Å². The molecule has 1 atom stereocenters. The molecule has 0 radical (unpaired) electrons. The summed E-state index contributed by atoms with van der Waals surface area (Å²) in [7, 11) is 0. The molecule has 4 N–H and O–H groups in total. The fraction of sp³-hybridized carbons (Fsp3) is 0.312. The fourth-order valence-electron chi connectivity index (χ4n) is 3.07. The van der Waals surface area contributed by atoms with Crippen LogP contribution in [0.3, 0.4) is 0 Å². The Balaban J connectivity index is 1.85. The number of hydrogen-bond donors (Lipinski definition) is 3. The van der Waals surface area contributed by atoms with Crippen molar-refractivity contribution in [2.75, 3.05) is 18.8 Å². The van der Waals surface area contributed by atoms with Crippen LogP contribution < -0.4 is 17.0 Å². The number of anilines is 1. The Kier molecular flexibility index (Phi) is 3.77. The van der Waals surface area contributed by atoms with Crippen molar-refractivity contribution >= 4 is 11.6 Å². The van der Waals surface area contributed by atoms with Gasteiger partial charge in [-0.2, -0.15) is 0 Å². The van der Waals surface area contributed by atoms with Crippen LogP contribution in [0.25, 0.3) is 0 Å². The first-order valence-corrected chi connectivity index (χ1v) is 7.44. The van der Waals surface area contributed by atoms with E-state index in [1.165, 1.54) is 11.1 Å². The number of aromatic nitrogens is 2. The molecule has 1 unspecified atom stereocenters. The number of rotatable bonds is 2. The summed E-state index contributed by atoms with van der Waals surface area (Å²) in [5, 5.41) is 0. The van der Waals surface area contributed by atoms with Crippen molar-refractivity contribution in [3.63, 3.8) is 0 Å². The van der Waals surface area contributed by atoms with Crippen LogP contribution in [0.2, 0.25) is 0 Å². The van der Waals surface area contributed by atoms with Gasteiger partial charge >= 0.3 is 5.69 Å². The van der Waals surface area contributed by atoms with Crippen LogP contribution in [0.15, 0.2) is 33.9 Å². The summed E-state index contributed by atoms with van der Waals surface area (Å²) in [6, 6.07) is 8.08. The summed E-state index contributed by atoms with van der Waals surface area (Å²) in [5.74, 6) is -0.170. The van der Waals surface area contributed by atoms with Crippen molar-refractivity contribution < 1.29 is 4.79 Å². The van der Waals surface area contributed by atoms with E-state index in [1.54, 1.807) is 4.90 Å². The predicted molar refractivity (Wildman–Crippen MR) is 86.5 cm³/mol. The third kappa shape index (κ3) is 2.77. The van der Waals surface area contributed by atoms with E-state index in [2.05, 4.69) is 11.1 Å². The Morgan fingerprint density at radius 2 is 2.00 bits per heavy atom. The first-order valence-electron chi connectivity index (χ1n) is 7.44. The van der Waals surface area contributed by atoms with Gasteiger partial charge in [-0.3, -0.25) is 14.6 Å². The Bertz CT molecular complexity index is 868. The number of carbonyl (C=O) groups excluding carboxylic acids is 1. The standard InChI is InChI=1S/C16H18N4O3/c1-9-4-2-3-5-11(9)10-6-7-20(8-10)15(22)13-12(17)14(21)19-16(23)18-13/h2-5,10H,6-8,17H2,1H3,(H2,18,19,21,23). The van der Waals surface area contributed by atoms with E-state index in [-0.39, 0.29) is 17.3 Å². The lowest BCUT2D eigenvalue weighted by Gasteiger charge is -2.18. The largest absolute Gasteiger partial charge is 0.392 e. The van der Waals surface area contributed by atoms with Gasteiger partial charge < -0.3 is 15.6 Å². The lowest BCUT2D eigenvalue weighted by molar-refractivity contribution is 0.0785. The van der Waals surface area contributed by atoms with Gasteiger partial charge in [0.1, 0.15) is 11.4 Å². The lowest BCUT2D eigenvalue weighted by atomic mass is 9.94. The van der Waals surface area contributed by atoms with Crippen LogP contribution in [-0.4, -0.2) is 33.9 Å². The van der Waals surface area contributed by atoms with E-state index in [4.69, 9.17) is 5.73 Å². The van der Waals surface area contributed by atoms with E-state index in [9.17, 15) is 14.4 Å². The van der Waals surface area contributed by atoms with E-state index in [1.807, 2.05) is 30.1 Å². The highest BCUT2D eigenvalue weighted by Crippen LogP contribution is 2.30. The lowest BCUT2D eigenvalue weighted by Crippen LogP contribution is -2.35. The maximum atomic E-state index is 12.6. The number of nitrogens with one attached hydrogen (secondary N) is 2. The number of nitrogens with two attached hydrogens (primary N) is 1. The first kappa shape index (κ1) is 15.1. The van der Waals surface area contributed by atoms with Crippen LogP contribution in [0, 0.1) is 6.92 Å². The molecule has 1 amide bonds. The normalized spacial score (nSPS) is 17.4. The average Bonchev–Trinajstić information content (AvgIpc) is 3.00. The molecule has 1 aliphatic rings. The summed E-state index contributed by atoms with van der Waals surface area (Å²) < 4.78 is 0. The molecule has 1 aromatic heterocycles. The summed E-state index contributed by atoms with van der Waals surface area (Å²) in [6.45, 7) is 3.15. The van der Waals surface area contributed by atoms with Crippen molar-refractivity contribution in [2.24, 2.45) is 0 Å². The number of amides is 1. The van der Waals surface area contributed by atoms with E-state index < -0.39 is 17.2 Å². The number of H-pyrrole nitrogens is 2. The van der Waals surface area contributed by atoms with Gasteiger partial charge in [0.2, 0.25) is 0 Å². The number of nitrogens with zero attached hydrogens (tertiary/aromatic N) is 1. The molecule has 2 aromatic rings. The second kappa shape index (κ2) is 5.75. The maximum Gasteiger partial charge on any atom is 0.326 e. The SMILES string of the molecule is Cc1ccccc1C1CCN(C(=O)c2[nH]c(=O)[nH]c(=O)c2N)C1. The predicted octanol–water partition coefficient (Wildman–Crippen LogP) is 0.584. The van der Waals surface area contributed by atoms with Crippen molar-refractivity contribution in [3.8, 4) is 0 Å². The molecule has 120 valence electrons. The fourth-order valence-corrected chi connectivity index (χ4v) is 3.07. The van der Waals surface area contributed by atoms with Crippen molar-refractivity contribution in [1.29, 1.82) is 0 Å². The summed E-state index contributed by atoms with van der Waals surface area (Å²) in [5.41, 5.74) is 6.17. The molecule has 23 heavy (non-hydrogen) atoms. The average molecular weight is 314 g/mol. The monoisotopic (exact) mass is 314 g/mol. The number of carbonyl (C=O) groups is 1. The summed E-state index contributed by atoms with van der Waals surface area (Å²) in [4.78, 5) is 41.4. The minimum Gasteiger partial charge on any atom is -0.392 e. The number of aromatic amines is 2. The Labute approximate surface area is 132 Å². The van der Waals surface area contributed by atoms with Gasteiger partial charge in [-0.15, -0.1) is 0 Å². The molecular weight excluding hydrogens is 296 g/mol. The number of nitrogen functional groups attached to an aromatic ring is 1. The molecule has 0 saturated carbocycles. The molecule has 1 saturated heterocycles. The van der Waals surface area contributed by atoms with E-state index >= 15 is 0 Å². The number of likely N-dealkylation sites (tertiary alicyclic amines) is 1.